The molecule has 1 aromatic heterocycles. The highest BCUT2D eigenvalue weighted by Gasteiger charge is 2.27. The van der Waals surface area contributed by atoms with E-state index in [1.807, 2.05) is 0 Å². The topological polar surface area (TPSA) is 38.2 Å². The second kappa shape index (κ2) is 5.29. The number of aromatic nitrogens is 2. The van der Waals surface area contributed by atoms with Crippen LogP contribution < -0.4 is 4.90 Å². The van der Waals surface area contributed by atoms with Crippen molar-refractivity contribution < 1.29 is 4.74 Å². The molecule has 0 amide bonds. The molecule has 2 rings (SSSR count). The van der Waals surface area contributed by atoms with Crippen molar-refractivity contribution in [3.05, 3.63) is 17.0 Å². The minimum absolute atomic E-state index is 0.0692. The van der Waals surface area contributed by atoms with Crippen molar-refractivity contribution in [2.75, 3.05) is 23.9 Å². The first kappa shape index (κ1) is 12.1. The third-order valence-electron chi connectivity index (χ3n) is 2.60. The highest BCUT2D eigenvalue weighted by atomic mass is 79.9. The van der Waals surface area contributed by atoms with Crippen LogP contribution in [-0.4, -0.2) is 41.1 Å². The van der Waals surface area contributed by atoms with Gasteiger partial charge in [-0.2, -0.15) is 0 Å². The van der Waals surface area contributed by atoms with Crippen LogP contribution in [0.15, 0.2) is 17.0 Å². The SMILES string of the molecule is CC1COC(CCl)CN1c1ncncc1Br. The lowest BCUT2D eigenvalue weighted by atomic mass is 10.2. The van der Waals surface area contributed by atoms with Crippen molar-refractivity contribution in [1.29, 1.82) is 0 Å². The summed E-state index contributed by atoms with van der Waals surface area (Å²) in [6.45, 7) is 3.55. The molecule has 16 heavy (non-hydrogen) atoms. The van der Waals surface area contributed by atoms with Crippen LogP contribution in [0.25, 0.3) is 0 Å². The van der Waals surface area contributed by atoms with E-state index in [1.54, 1.807) is 12.5 Å². The highest BCUT2D eigenvalue weighted by Crippen LogP contribution is 2.26. The van der Waals surface area contributed by atoms with E-state index in [0.29, 0.717) is 18.5 Å². The summed E-state index contributed by atoms with van der Waals surface area (Å²) in [5.74, 6) is 1.41. The lowest BCUT2D eigenvalue weighted by molar-refractivity contribution is 0.0361. The first-order valence-corrected chi connectivity index (χ1v) is 6.45. The summed E-state index contributed by atoms with van der Waals surface area (Å²) in [7, 11) is 0. The van der Waals surface area contributed by atoms with Gasteiger partial charge in [0.05, 0.1) is 29.1 Å². The van der Waals surface area contributed by atoms with Gasteiger partial charge in [-0.05, 0) is 22.9 Å². The Morgan fingerprint density at radius 2 is 2.50 bits per heavy atom. The summed E-state index contributed by atoms with van der Waals surface area (Å²) < 4.78 is 6.50. The van der Waals surface area contributed by atoms with Gasteiger partial charge in [0.1, 0.15) is 12.1 Å². The quantitative estimate of drug-likeness (QED) is 0.784. The van der Waals surface area contributed by atoms with Crippen LogP contribution in [-0.2, 0) is 4.74 Å². The molecule has 2 unspecified atom stereocenters. The fourth-order valence-corrected chi connectivity index (χ4v) is 2.36. The molecule has 1 fully saturated rings. The van der Waals surface area contributed by atoms with Gasteiger partial charge < -0.3 is 9.64 Å². The van der Waals surface area contributed by atoms with Gasteiger partial charge in [0.2, 0.25) is 0 Å². The predicted octanol–water partition coefficient (Wildman–Crippen LogP) is 2.07. The molecule has 0 N–H and O–H groups in total. The van der Waals surface area contributed by atoms with Crippen LogP contribution in [0, 0.1) is 0 Å². The van der Waals surface area contributed by atoms with Crippen molar-refractivity contribution in [3.63, 3.8) is 0 Å². The van der Waals surface area contributed by atoms with Crippen LogP contribution >= 0.6 is 27.5 Å². The van der Waals surface area contributed by atoms with Crippen molar-refractivity contribution in [2.24, 2.45) is 0 Å². The number of alkyl halides is 1. The van der Waals surface area contributed by atoms with Crippen LogP contribution in [0.4, 0.5) is 5.82 Å². The Bertz CT molecular complexity index is 366. The maximum atomic E-state index is 5.82. The Labute approximate surface area is 108 Å². The zero-order valence-electron chi connectivity index (χ0n) is 8.94. The van der Waals surface area contributed by atoms with Crippen LogP contribution in [0.2, 0.25) is 0 Å². The molecule has 1 aromatic rings. The minimum atomic E-state index is 0.0692. The van der Waals surface area contributed by atoms with E-state index < -0.39 is 0 Å². The molecule has 1 aliphatic heterocycles. The number of nitrogens with zero attached hydrogens (tertiary/aromatic N) is 3. The molecule has 0 aromatic carbocycles. The zero-order valence-corrected chi connectivity index (χ0v) is 11.3. The van der Waals surface area contributed by atoms with E-state index in [1.165, 1.54) is 0 Å². The van der Waals surface area contributed by atoms with Gasteiger partial charge in [0.15, 0.2) is 0 Å². The summed E-state index contributed by atoms with van der Waals surface area (Å²) in [6.07, 6.45) is 3.37. The molecule has 88 valence electrons. The maximum absolute atomic E-state index is 5.82. The number of hydrogen-bond donors (Lipinski definition) is 0. The Morgan fingerprint density at radius 3 is 3.19 bits per heavy atom. The molecular weight excluding hydrogens is 293 g/mol. The lowest BCUT2D eigenvalue weighted by Crippen LogP contribution is -2.49. The maximum Gasteiger partial charge on any atom is 0.146 e. The fraction of sp³-hybridized carbons (Fsp3) is 0.600. The average molecular weight is 307 g/mol. The molecule has 0 spiro atoms. The largest absolute Gasteiger partial charge is 0.373 e. The van der Waals surface area contributed by atoms with E-state index in [0.717, 1.165) is 16.8 Å². The number of halogens is 2. The number of morpholine rings is 1. The van der Waals surface area contributed by atoms with Gasteiger partial charge in [-0.25, -0.2) is 9.97 Å². The standard InChI is InChI=1S/C10H13BrClN3O/c1-7-5-16-8(2-12)4-15(7)10-9(11)3-13-6-14-10/h3,6-8H,2,4-5H2,1H3. The predicted molar refractivity (Wildman–Crippen MR) is 67.0 cm³/mol. The lowest BCUT2D eigenvalue weighted by Gasteiger charge is -2.38. The third kappa shape index (κ3) is 2.47. The molecule has 0 bridgehead atoms. The van der Waals surface area contributed by atoms with E-state index in [-0.39, 0.29) is 6.10 Å². The van der Waals surface area contributed by atoms with Gasteiger partial charge in [0, 0.05) is 12.7 Å². The van der Waals surface area contributed by atoms with Crippen molar-refractivity contribution in [1.82, 2.24) is 9.97 Å². The monoisotopic (exact) mass is 305 g/mol. The molecular formula is C10H13BrClN3O. The number of anilines is 1. The second-order valence-corrected chi connectivity index (χ2v) is 4.97. The Balaban J connectivity index is 2.21. The molecule has 1 aliphatic rings. The highest BCUT2D eigenvalue weighted by molar-refractivity contribution is 9.10. The van der Waals surface area contributed by atoms with Crippen LogP contribution in [0.1, 0.15) is 6.92 Å². The van der Waals surface area contributed by atoms with E-state index in [4.69, 9.17) is 16.3 Å². The summed E-state index contributed by atoms with van der Waals surface area (Å²) >= 11 is 9.29. The zero-order chi connectivity index (χ0) is 11.5. The Morgan fingerprint density at radius 1 is 1.69 bits per heavy atom. The number of hydrogen-bond acceptors (Lipinski definition) is 4. The Hall–Kier alpha value is -0.390. The summed E-state index contributed by atoms with van der Waals surface area (Å²) in [6, 6.07) is 0.297. The average Bonchev–Trinajstić information content (AvgIpc) is 2.31. The first-order chi connectivity index (χ1) is 7.72. The van der Waals surface area contributed by atoms with Gasteiger partial charge in [0.25, 0.3) is 0 Å². The number of rotatable bonds is 2. The molecule has 6 heteroatoms. The van der Waals surface area contributed by atoms with E-state index in [2.05, 4.69) is 37.7 Å². The van der Waals surface area contributed by atoms with Crippen LogP contribution in [0.3, 0.4) is 0 Å². The molecule has 0 radical (unpaired) electrons. The molecule has 1 saturated heterocycles. The molecule has 0 aliphatic carbocycles. The normalized spacial score (nSPS) is 25.8. The van der Waals surface area contributed by atoms with Crippen molar-refractivity contribution in [2.45, 2.75) is 19.1 Å². The minimum Gasteiger partial charge on any atom is -0.373 e. The molecule has 0 saturated carbocycles. The molecule has 2 heterocycles. The third-order valence-corrected chi connectivity index (χ3v) is 3.50. The Kier molecular flexibility index (Phi) is 4.00. The van der Waals surface area contributed by atoms with Gasteiger partial charge in [-0.15, -0.1) is 11.6 Å². The van der Waals surface area contributed by atoms with E-state index >= 15 is 0 Å². The van der Waals surface area contributed by atoms with Crippen molar-refractivity contribution in [3.8, 4) is 0 Å². The van der Waals surface area contributed by atoms with Crippen LogP contribution in [0.5, 0.6) is 0 Å². The van der Waals surface area contributed by atoms with Gasteiger partial charge >= 0.3 is 0 Å². The smallest absolute Gasteiger partial charge is 0.146 e. The first-order valence-electron chi connectivity index (χ1n) is 5.12. The second-order valence-electron chi connectivity index (χ2n) is 3.81. The molecule has 2 atom stereocenters. The van der Waals surface area contributed by atoms with Crippen molar-refractivity contribution >= 4 is 33.3 Å². The molecule has 4 nitrogen and oxygen atoms in total. The van der Waals surface area contributed by atoms with Gasteiger partial charge in [-0.1, -0.05) is 0 Å². The van der Waals surface area contributed by atoms with Gasteiger partial charge in [-0.3, -0.25) is 0 Å². The summed E-state index contributed by atoms with van der Waals surface area (Å²) in [5, 5.41) is 0. The summed E-state index contributed by atoms with van der Waals surface area (Å²) in [5.41, 5.74) is 0. The van der Waals surface area contributed by atoms with E-state index in [9.17, 15) is 0 Å². The fourth-order valence-electron chi connectivity index (χ4n) is 1.72. The summed E-state index contributed by atoms with van der Waals surface area (Å²) in [4.78, 5) is 10.4. The number of ether oxygens (including phenoxy) is 1.